The Kier molecular flexibility index (Phi) is 4.95. The number of hydrogen-bond acceptors (Lipinski definition) is 7. The zero-order valence-corrected chi connectivity index (χ0v) is 12.7. The molecule has 0 aliphatic heterocycles. The Labute approximate surface area is 131 Å². The number of nitrogens with two attached hydrogens (primary N) is 2. The number of nitrogen functional groups attached to an aromatic ring is 2. The van der Waals surface area contributed by atoms with Gasteiger partial charge in [0.1, 0.15) is 11.6 Å². The highest BCUT2D eigenvalue weighted by molar-refractivity contribution is 7.99. The molecule has 0 spiro atoms. The molecule has 1 heterocycles. The monoisotopic (exact) mass is 317 g/mol. The molecule has 1 aromatic heterocycles. The number of nitrogens with one attached hydrogen (secondary N) is 1. The first-order chi connectivity index (χ1) is 10.4. The van der Waals surface area contributed by atoms with Crippen molar-refractivity contribution in [3.63, 3.8) is 0 Å². The van der Waals surface area contributed by atoms with Gasteiger partial charge in [0, 0.05) is 24.2 Å². The van der Waals surface area contributed by atoms with Crippen molar-refractivity contribution >= 4 is 40.8 Å². The van der Waals surface area contributed by atoms with Crippen molar-refractivity contribution in [1.29, 1.82) is 0 Å². The third-order valence-electron chi connectivity index (χ3n) is 2.60. The van der Waals surface area contributed by atoms with Crippen LogP contribution in [-0.2, 0) is 4.79 Å². The van der Waals surface area contributed by atoms with E-state index in [0.717, 1.165) is 0 Å². The van der Waals surface area contributed by atoms with E-state index in [4.69, 9.17) is 11.5 Å². The van der Waals surface area contributed by atoms with Crippen LogP contribution in [0.2, 0.25) is 0 Å². The summed E-state index contributed by atoms with van der Waals surface area (Å²) in [6.45, 7) is 1.42. The number of amides is 1. The fraction of sp³-hybridized carbons (Fsp3) is 0.143. The van der Waals surface area contributed by atoms with Crippen LogP contribution in [-0.4, -0.2) is 27.4 Å². The third kappa shape index (κ3) is 4.45. The van der Waals surface area contributed by atoms with Crippen LogP contribution < -0.4 is 16.8 Å². The van der Waals surface area contributed by atoms with E-state index >= 15 is 0 Å². The van der Waals surface area contributed by atoms with E-state index in [-0.39, 0.29) is 29.1 Å². The number of Topliss-reactive ketones (excluding diaryl/α,β-unsaturated/α-hetero) is 1. The number of ketones is 1. The first kappa shape index (κ1) is 15.8. The molecule has 0 saturated carbocycles. The summed E-state index contributed by atoms with van der Waals surface area (Å²) in [5.41, 5.74) is 12.3. The molecule has 7 nitrogen and oxygen atoms in total. The van der Waals surface area contributed by atoms with E-state index in [1.807, 2.05) is 0 Å². The van der Waals surface area contributed by atoms with Crippen molar-refractivity contribution < 1.29 is 9.59 Å². The maximum atomic E-state index is 12.1. The largest absolute Gasteiger partial charge is 0.383 e. The fourth-order valence-corrected chi connectivity index (χ4v) is 2.45. The van der Waals surface area contributed by atoms with Crippen molar-refractivity contribution in [3.8, 4) is 0 Å². The summed E-state index contributed by atoms with van der Waals surface area (Å²) < 4.78 is 0. The first-order valence-electron chi connectivity index (χ1n) is 6.38. The Balaban J connectivity index is 1.98. The molecule has 0 aliphatic rings. The van der Waals surface area contributed by atoms with Crippen LogP contribution >= 0.6 is 11.8 Å². The van der Waals surface area contributed by atoms with Crippen LogP contribution in [0.1, 0.15) is 17.3 Å². The summed E-state index contributed by atoms with van der Waals surface area (Å²) in [4.78, 5) is 31.0. The zero-order valence-electron chi connectivity index (χ0n) is 11.9. The normalized spacial score (nSPS) is 10.2. The average Bonchev–Trinajstić information content (AvgIpc) is 2.44. The number of nitrogens with zero attached hydrogens (tertiary/aromatic N) is 2. The SMILES string of the molecule is CC(=O)Nc1ccc(C(=O)CSc2nc(N)cc(N)n2)cc1. The minimum atomic E-state index is -0.161. The number of carbonyl (C=O) groups is 2. The van der Waals surface area contributed by atoms with Crippen LogP contribution in [0.15, 0.2) is 35.5 Å². The third-order valence-corrected chi connectivity index (χ3v) is 3.45. The summed E-state index contributed by atoms with van der Waals surface area (Å²) >= 11 is 1.17. The molecule has 2 rings (SSSR count). The van der Waals surface area contributed by atoms with Crippen LogP contribution in [0.25, 0.3) is 0 Å². The maximum Gasteiger partial charge on any atom is 0.221 e. The van der Waals surface area contributed by atoms with Gasteiger partial charge in [0.05, 0.1) is 5.75 Å². The van der Waals surface area contributed by atoms with Crippen molar-refractivity contribution in [2.45, 2.75) is 12.1 Å². The lowest BCUT2D eigenvalue weighted by molar-refractivity contribution is -0.114. The lowest BCUT2D eigenvalue weighted by Gasteiger charge is -2.05. The molecule has 0 unspecified atom stereocenters. The molecule has 1 amide bonds. The van der Waals surface area contributed by atoms with E-state index in [9.17, 15) is 9.59 Å². The van der Waals surface area contributed by atoms with Gasteiger partial charge >= 0.3 is 0 Å². The van der Waals surface area contributed by atoms with Gasteiger partial charge in [0.2, 0.25) is 5.91 Å². The van der Waals surface area contributed by atoms with Gasteiger partial charge in [-0.25, -0.2) is 9.97 Å². The van der Waals surface area contributed by atoms with Gasteiger partial charge in [-0.3, -0.25) is 9.59 Å². The van der Waals surface area contributed by atoms with Gasteiger partial charge in [-0.05, 0) is 24.3 Å². The standard InChI is InChI=1S/C14H15N5O2S/c1-8(20)17-10-4-2-9(3-5-10)11(21)7-22-14-18-12(15)6-13(16)19-14/h2-6H,7H2,1H3,(H,17,20)(H4,15,16,18,19). The van der Waals surface area contributed by atoms with E-state index in [1.165, 1.54) is 24.8 Å². The minimum Gasteiger partial charge on any atom is -0.383 e. The second kappa shape index (κ2) is 6.90. The predicted octanol–water partition coefficient (Wildman–Crippen LogP) is 1.57. The number of anilines is 3. The lowest BCUT2D eigenvalue weighted by Crippen LogP contribution is -2.07. The van der Waals surface area contributed by atoms with E-state index in [2.05, 4.69) is 15.3 Å². The highest BCUT2D eigenvalue weighted by Crippen LogP contribution is 2.18. The Morgan fingerprint density at radius 2 is 1.73 bits per heavy atom. The molecule has 5 N–H and O–H groups in total. The van der Waals surface area contributed by atoms with E-state index < -0.39 is 0 Å². The summed E-state index contributed by atoms with van der Waals surface area (Å²) in [6, 6.07) is 8.11. The van der Waals surface area contributed by atoms with Crippen molar-refractivity contribution in [3.05, 3.63) is 35.9 Å². The van der Waals surface area contributed by atoms with Gasteiger partial charge in [-0.15, -0.1) is 0 Å². The number of rotatable bonds is 5. The molecular weight excluding hydrogens is 302 g/mol. The van der Waals surface area contributed by atoms with Gasteiger partial charge in [-0.2, -0.15) is 0 Å². The number of benzene rings is 1. The lowest BCUT2D eigenvalue weighted by atomic mass is 10.1. The Bertz CT molecular complexity index is 683. The predicted molar refractivity (Wildman–Crippen MR) is 86.7 cm³/mol. The molecule has 22 heavy (non-hydrogen) atoms. The van der Waals surface area contributed by atoms with Gasteiger partial charge < -0.3 is 16.8 Å². The van der Waals surface area contributed by atoms with Crippen molar-refractivity contribution in [2.24, 2.45) is 0 Å². The topological polar surface area (TPSA) is 124 Å². The molecule has 0 aliphatic carbocycles. The Morgan fingerprint density at radius 1 is 1.14 bits per heavy atom. The van der Waals surface area contributed by atoms with E-state index in [1.54, 1.807) is 24.3 Å². The van der Waals surface area contributed by atoms with Gasteiger partial charge in [0.15, 0.2) is 10.9 Å². The molecule has 0 bridgehead atoms. The molecule has 2 aromatic rings. The number of carbonyl (C=O) groups excluding carboxylic acids is 2. The molecule has 114 valence electrons. The summed E-state index contributed by atoms with van der Waals surface area (Å²) in [5, 5.41) is 3.00. The molecule has 0 atom stereocenters. The second-order valence-corrected chi connectivity index (χ2v) is 5.41. The van der Waals surface area contributed by atoms with Crippen LogP contribution in [0.4, 0.5) is 17.3 Å². The van der Waals surface area contributed by atoms with Crippen LogP contribution in [0.5, 0.6) is 0 Å². The summed E-state index contributed by atoms with van der Waals surface area (Å²) in [6.07, 6.45) is 0. The fourth-order valence-electron chi connectivity index (χ4n) is 1.68. The molecule has 0 radical (unpaired) electrons. The summed E-state index contributed by atoms with van der Waals surface area (Å²) in [7, 11) is 0. The Morgan fingerprint density at radius 3 is 2.27 bits per heavy atom. The first-order valence-corrected chi connectivity index (χ1v) is 7.36. The van der Waals surface area contributed by atoms with Gasteiger partial charge in [0.25, 0.3) is 0 Å². The average molecular weight is 317 g/mol. The number of hydrogen-bond donors (Lipinski definition) is 3. The smallest absolute Gasteiger partial charge is 0.221 e. The molecule has 1 aromatic carbocycles. The van der Waals surface area contributed by atoms with Crippen molar-refractivity contribution in [1.82, 2.24) is 9.97 Å². The van der Waals surface area contributed by atoms with Crippen LogP contribution in [0, 0.1) is 0 Å². The van der Waals surface area contributed by atoms with Gasteiger partial charge in [-0.1, -0.05) is 11.8 Å². The second-order valence-electron chi connectivity index (χ2n) is 4.47. The Hall–Kier alpha value is -2.61. The molecular formula is C14H15N5O2S. The molecule has 0 saturated heterocycles. The molecule has 0 fully saturated rings. The highest BCUT2D eigenvalue weighted by atomic mass is 32.2. The quantitative estimate of drug-likeness (QED) is 0.434. The minimum absolute atomic E-state index is 0.0797. The number of aromatic nitrogens is 2. The zero-order chi connectivity index (χ0) is 16.1. The number of thioether (sulfide) groups is 1. The maximum absolute atomic E-state index is 12.1. The summed E-state index contributed by atoms with van der Waals surface area (Å²) in [5.74, 6) is 0.460. The van der Waals surface area contributed by atoms with Crippen LogP contribution in [0.3, 0.4) is 0 Å². The van der Waals surface area contributed by atoms with E-state index in [0.29, 0.717) is 16.4 Å². The molecule has 8 heteroatoms. The highest BCUT2D eigenvalue weighted by Gasteiger charge is 2.09. The van der Waals surface area contributed by atoms with Crippen molar-refractivity contribution in [2.75, 3.05) is 22.5 Å².